The van der Waals surface area contributed by atoms with Gasteiger partial charge in [-0.15, -0.1) is 0 Å². The lowest BCUT2D eigenvalue weighted by molar-refractivity contribution is 0.0722. The Hall–Kier alpha value is -1.86. The van der Waals surface area contributed by atoms with Crippen molar-refractivity contribution in [2.45, 2.75) is 13.3 Å². The third-order valence-electron chi connectivity index (χ3n) is 2.41. The summed E-state index contributed by atoms with van der Waals surface area (Å²) in [5, 5.41) is 17.6. The Kier molecular flexibility index (Phi) is 5.18. The highest BCUT2D eigenvalue weighted by Crippen LogP contribution is 2.07. The fourth-order valence-electron chi connectivity index (χ4n) is 1.58. The number of carbonyl (C=O) groups is 1. The van der Waals surface area contributed by atoms with Crippen LogP contribution in [-0.2, 0) is 0 Å². The average Bonchev–Trinajstić information content (AvgIpc) is 2.38. The smallest absolute Gasteiger partial charge is 0.253 e. The normalized spacial score (nSPS) is 9.71. The zero-order chi connectivity index (χ0) is 12.7. The first-order valence-corrected chi connectivity index (χ1v) is 5.63. The molecule has 0 spiro atoms. The Morgan fingerprint density at radius 2 is 2.00 bits per heavy atom. The minimum Gasteiger partial charge on any atom is -0.395 e. The minimum absolute atomic E-state index is 0.0397. The lowest BCUT2D eigenvalue weighted by atomic mass is 10.1. The van der Waals surface area contributed by atoms with Crippen molar-refractivity contribution in [3.63, 3.8) is 0 Å². The zero-order valence-corrected chi connectivity index (χ0v) is 9.89. The van der Waals surface area contributed by atoms with E-state index < -0.39 is 0 Å². The summed E-state index contributed by atoms with van der Waals surface area (Å²) in [5.41, 5.74) is 1.08. The molecule has 0 saturated heterocycles. The number of aliphatic hydroxyl groups excluding tert-OH is 1. The van der Waals surface area contributed by atoms with Gasteiger partial charge >= 0.3 is 0 Å². The van der Waals surface area contributed by atoms with E-state index in [1.54, 1.807) is 29.2 Å². The van der Waals surface area contributed by atoms with E-state index in [4.69, 9.17) is 10.4 Å². The van der Waals surface area contributed by atoms with Crippen LogP contribution in [0.5, 0.6) is 0 Å². The molecule has 1 aromatic carbocycles. The molecule has 0 aliphatic carbocycles. The predicted molar refractivity (Wildman–Crippen MR) is 64.4 cm³/mol. The standard InChI is InChI=1S/C13H16N2O2/c1-2-7-15(8-9-16)13(17)12-5-3-11(10-14)4-6-12/h3-6,16H,2,7-9H2,1H3. The van der Waals surface area contributed by atoms with E-state index in [0.29, 0.717) is 24.2 Å². The lowest BCUT2D eigenvalue weighted by Gasteiger charge is -2.21. The van der Waals surface area contributed by atoms with Crippen LogP contribution in [0.2, 0.25) is 0 Å². The molecule has 0 atom stereocenters. The van der Waals surface area contributed by atoms with Crippen LogP contribution in [0.1, 0.15) is 29.3 Å². The molecule has 0 heterocycles. The maximum absolute atomic E-state index is 12.1. The Labute approximate surface area is 101 Å². The number of rotatable bonds is 5. The van der Waals surface area contributed by atoms with Gasteiger partial charge in [0.15, 0.2) is 0 Å². The monoisotopic (exact) mass is 232 g/mol. The molecule has 4 heteroatoms. The van der Waals surface area contributed by atoms with Crippen LogP contribution in [-0.4, -0.2) is 35.6 Å². The molecule has 90 valence electrons. The van der Waals surface area contributed by atoms with E-state index in [9.17, 15) is 4.79 Å². The van der Waals surface area contributed by atoms with Gasteiger partial charge in [-0.1, -0.05) is 6.92 Å². The minimum atomic E-state index is -0.106. The third kappa shape index (κ3) is 3.58. The van der Waals surface area contributed by atoms with Crippen molar-refractivity contribution >= 4 is 5.91 Å². The van der Waals surface area contributed by atoms with Crippen LogP contribution in [0.15, 0.2) is 24.3 Å². The van der Waals surface area contributed by atoms with Crippen molar-refractivity contribution in [1.82, 2.24) is 4.90 Å². The first-order valence-electron chi connectivity index (χ1n) is 5.63. The number of aliphatic hydroxyl groups is 1. The molecule has 1 aromatic rings. The average molecular weight is 232 g/mol. The van der Waals surface area contributed by atoms with Gasteiger partial charge in [0, 0.05) is 18.7 Å². The molecular formula is C13H16N2O2. The number of hydrogen-bond acceptors (Lipinski definition) is 3. The molecule has 1 amide bonds. The second-order valence-electron chi connectivity index (χ2n) is 3.70. The van der Waals surface area contributed by atoms with Gasteiger partial charge in [-0.25, -0.2) is 0 Å². The van der Waals surface area contributed by atoms with Crippen molar-refractivity contribution in [3.8, 4) is 6.07 Å². The number of amides is 1. The molecule has 0 fully saturated rings. The summed E-state index contributed by atoms with van der Waals surface area (Å²) < 4.78 is 0. The van der Waals surface area contributed by atoms with E-state index in [2.05, 4.69) is 0 Å². The van der Waals surface area contributed by atoms with Gasteiger partial charge in [-0.3, -0.25) is 4.79 Å². The maximum Gasteiger partial charge on any atom is 0.253 e. The van der Waals surface area contributed by atoms with E-state index in [1.165, 1.54) is 0 Å². The SMILES string of the molecule is CCCN(CCO)C(=O)c1ccc(C#N)cc1. The van der Waals surface area contributed by atoms with Crippen LogP contribution in [0.4, 0.5) is 0 Å². The highest BCUT2D eigenvalue weighted by molar-refractivity contribution is 5.94. The van der Waals surface area contributed by atoms with Crippen LogP contribution in [0, 0.1) is 11.3 Å². The molecule has 1 rings (SSSR count). The Morgan fingerprint density at radius 3 is 2.47 bits per heavy atom. The van der Waals surface area contributed by atoms with Gasteiger partial charge in [0.1, 0.15) is 0 Å². The molecule has 0 aromatic heterocycles. The summed E-state index contributed by atoms with van der Waals surface area (Å²) in [7, 11) is 0. The molecule has 0 bridgehead atoms. The molecule has 0 radical (unpaired) electrons. The maximum atomic E-state index is 12.1. The van der Waals surface area contributed by atoms with Gasteiger partial charge in [0.25, 0.3) is 5.91 Å². The topological polar surface area (TPSA) is 64.3 Å². The first-order chi connectivity index (χ1) is 8.22. The second-order valence-corrected chi connectivity index (χ2v) is 3.70. The highest BCUT2D eigenvalue weighted by Gasteiger charge is 2.13. The molecule has 0 aliphatic heterocycles. The van der Waals surface area contributed by atoms with E-state index in [0.717, 1.165) is 6.42 Å². The largest absolute Gasteiger partial charge is 0.395 e. The van der Waals surface area contributed by atoms with E-state index in [-0.39, 0.29) is 12.5 Å². The van der Waals surface area contributed by atoms with Crippen LogP contribution in [0.25, 0.3) is 0 Å². The summed E-state index contributed by atoms with van der Waals surface area (Å²) in [6.07, 6.45) is 0.849. The predicted octanol–water partition coefficient (Wildman–Crippen LogP) is 1.40. The van der Waals surface area contributed by atoms with Crippen LogP contribution >= 0.6 is 0 Å². The van der Waals surface area contributed by atoms with E-state index >= 15 is 0 Å². The van der Waals surface area contributed by atoms with Crippen LogP contribution in [0.3, 0.4) is 0 Å². The highest BCUT2D eigenvalue weighted by atomic mass is 16.3. The lowest BCUT2D eigenvalue weighted by Crippen LogP contribution is -2.34. The number of carbonyl (C=O) groups excluding carboxylic acids is 1. The van der Waals surface area contributed by atoms with Gasteiger partial charge in [0.2, 0.25) is 0 Å². The summed E-state index contributed by atoms with van der Waals surface area (Å²) >= 11 is 0. The summed E-state index contributed by atoms with van der Waals surface area (Å²) in [4.78, 5) is 13.7. The second kappa shape index (κ2) is 6.66. The fourth-order valence-corrected chi connectivity index (χ4v) is 1.58. The Morgan fingerprint density at radius 1 is 1.35 bits per heavy atom. The molecule has 17 heavy (non-hydrogen) atoms. The van der Waals surface area contributed by atoms with Gasteiger partial charge in [0.05, 0.1) is 18.2 Å². The summed E-state index contributed by atoms with van der Waals surface area (Å²) in [5.74, 6) is -0.106. The molecule has 1 N–H and O–H groups in total. The Balaban J connectivity index is 2.81. The van der Waals surface area contributed by atoms with Gasteiger partial charge in [-0.05, 0) is 30.7 Å². The van der Waals surface area contributed by atoms with Crippen molar-refractivity contribution in [1.29, 1.82) is 5.26 Å². The summed E-state index contributed by atoms with van der Waals surface area (Å²) in [6, 6.07) is 8.53. The molecule has 0 aliphatic rings. The summed E-state index contributed by atoms with van der Waals surface area (Å²) in [6.45, 7) is 2.91. The van der Waals surface area contributed by atoms with E-state index in [1.807, 2.05) is 13.0 Å². The van der Waals surface area contributed by atoms with Crippen molar-refractivity contribution < 1.29 is 9.90 Å². The quantitative estimate of drug-likeness (QED) is 0.834. The molecular weight excluding hydrogens is 216 g/mol. The number of nitriles is 1. The number of benzene rings is 1. The molecule has 0 unspecified atom stereocenters. The van der Waals surface area contributed by atoms with Gasteiger partial charge in [-0.2, -0.15) is 5.26 Å². The molecule has 4 nitrogen and oxygen atoms in total. The van der Waals surface area contributed by atoms with Crippen molar-refractivity contribution in [2.24, 2.45) is 0 Å². The van der Waals surface area contributed by atoms with Crippen molar-refractivity contribution in [2.75, 3.05) is 19.7 Å². The number of hydrogen-bond donors (Lipinski definition) is 1. The van der Waals surface area contributed by atoms with Gasteiger partial charge < -0.3 is 10.0 Å². The molecule has 0 saturated carbocycles. The fraction of sp³-hybridized carbons (Fsp3) is 0.385. The first kappa shape index (κ1) is 13.2. The Bertz CT molecular complexity index is 400. The van der Waals surface area contributed by atoms with Crippen LogP contribution < -0.4 is 0 Å². The van der Waals surface area contributed by atoms with Crippen molar-refractivity contribution in [3.05, 3.63) is 35.4 Å². The third-order valence-corrected chi connectivity index (χ3v) is 2.41. The number of nitrogens with zero attached hydrogens (tertiary/aromatic N) is 2. The zero-order valence-electron chi connectivity index (χ0n) is 9.89.